The third-order valence-corrected chi connectivity index (χ3v) is 5.48. The minimum absolute atomic E-state index is 0.0237. The first kappa shape index (κ1) is 18.2. The topological polar surface area (TPSA) is 102 Å². The number of hydrogen-bond acceptors (Lipinski definition) is 4. The van der Waals surface area contributed by atoms with Crippen LogP contribution in [0.1, 0.15) is 45.1 Å². The third-order valence-electron chi connectivity index (χ3n) is 5.48. The Balaban J connectivity index is 1.68. The highest BCUT2D eigenvalue weighted by atomic mass is 16.2. The Morgan fingerprint density at radius 3 is 2.89 bits per heavy atom. The number of fused-ring (bicyclic) bond motifs is 1. The number of anilines is 1. The van der Waals surface area contributed by atoms with Crippen molar-refractivity contribution >= 4 is 34.2 Å². The zero-order valence-electron chi connectivity index (χ0n) is 16.1. The maximum absolute atomic E-state index is 12.3. The lowest BCUT2D eigenvalue weighted by molar-refractivity contribution is -0.134. The molecule has 1 saturated carbocycles. The maximum Gasteiger partial charge on any atom is 0.237 e. The molecule has 0 unspecified atom stereocenters. The number of pyridine rings is 1. The molecule has 2 aromatic heterocycles. The second-order valence-electron chi connectivity index (χ2n) is 8.12. The molecule has 0 radical (unpaired) electrons. The number of nitriles is 1. The molecule has 1 fully saturated rings. The number of nitrogens with zero attached hydrogens (tertiary/aromatic N) is 3. The van der Waals surface area contributed by atoms with Crippen molar-refractivity contribution in [2.24, 2.45) is 5.92 Å². The summed E-state index contributed by atoms with van der Waals surface area (Å²) in [5.74, 6) is 0.526. The van der Waals surface area contributed by atoms with Gasteiger partial charge in [-0.05, 0) is 56.4 Å². The number of hydrogen-bond donors (Lipinski definition) is 2. The van der Waals surface area contributed by atoms with Gasteiger partial charge in [0.25, 0.3) is 0 Å². The molecule has 3 heterocycles. The van der Waals surface area contributed by atoms with Crippen LogP contribution in [0.4, 0.5) is 5.82 Å². The van der Waals surface area contributed by atoms with E-state index in [0.29, 0.717) is 18.8 Å². The minimum Gasteiger partial charge on any atom is -0.346 e. The van der Waals surface area contributed by atoms with E-state index in [9.17, 15) is 9.59 Å². The predicted molar refractivity (Wildman–Crippen MR) is 106 cm³/mol. The van der Waals surface area contributed by atoms with Gasteiger partial charge < -0.3 is 15.2 Å². The van der Waals surface area contributed by atoms with Gasteiger partial charge in [0.05, 0.1) is 6.07 Å². The standard InChI is InChI=1S/C21H23N5O2/c1-21(2)12-14(7-10-26(21)18(27)5-8-22)16-11-17(25-20(28)13-3-4-13)24-19-15(16)6-9-23-19/h6-7,9,11,13H,3-5,10,12H2,1-2H3,(H2,23,24,25,28). The number of aromatic nitrogens is 2. The van der Waals surface area contributed by atoms with Crippen molar-refractivity contribution in [2.75, 3.05) is 11.9 Å². The summed E-state index contributed by atoms with van der Waals surface area (Å²) >= 11 is 0. The molecule has 2 N–H and O–H groups in total. The lowest BCUT2D eigenvalue weighted by atomic mass is 9.85. The second-order valence-corrected chi connectivity index (χ2v) is 8.12. The fourth-order valence-corrected chi connectivity index (χ4v) is 3.83. The zero-order valence-corrected chi connectivity index (χ0v) is 16.1. The quantitative estimate of drug-likeness (QED) is 0.854. The van der Waals surface area contributed by atoms with E-state index in [2.05, 4.69) is 15.3 Å². The van der Waals surface area contributed by atoms with Gasteiger partial charge in [0, 0.05) is 29.6 Å². The monoisotopic (exact) mass is 377 g/mol. The van der Waals surface area contributed by atoms with Crippen LogP contribution in [0.25, 0.3) is 16.6 Å². The molecule has 0 spiro atoms. The van der Waals surface area contributed by atoms with E-state index in [1.54, 1.807) is 4.90 Å². The Morgan fingerprint density at radius 2 is 2.21 bits per heavy atom. The van der Waals surface area contributed by atoms with Crippen molar-refractivity contribution in [1.82, 2.24) is 14.9 Å². The Hall–Kier alpha value is -3.14. The second kappa shape index (κ2) is 6.79. The number of carbonyl (C=O) groups is 2. The van der Waals surface area contributed by atoms with Crippen LogP contribution in [0.2, 0.25) is 0 Å². The van der Waals surface area contributed by atoms with Gasteiger partial charge >= 0.3 is 0 Å². The van der Waals surface area contributed by atoms with Gasteiger partial charge in [0.2, 0.25) is 11.8 Å². The van der Waals surface area contributed by atoms with Crippen LogP contribution in [0.5, 0.6) is 0 Å². The highest BCUT2D eigenvalue weighted by Crippen LogP contribution is 2.37. The summed E-state index contributed by atoms with van der Waals surface area (Å²) in [6.45, 7) is 4.49. The van der Waals surface area contributed by atoms with Gasteiger partial charge in [-0.2, -0.15) is 5.26 Å². The van der Waals surface area contributed by atoms with Crippen molar-refractivity contribution in [3.05, 3.63) is 30.0 Å². The van der Waals surface area contributed by atoms with Crippen molar-refractivity contribution in [3.8, 4) is 6.07 Å². The van der Waals surface area contributed by atoms with E-state index in [1.165, 1.54) is 0 Å². The van der Waals surface area contributed by atoms with Gasteiger partial charge in [-0.1, -0.05) is 6.08 Å². The molecule has 2 aromatic rings. The van der Waals surface area contributed by atoms with E-state index >= 15 is 0 Å². The molecule has 28 heavy (non-hydrogen) atoms. The van der Waals surface area contributed by atoms with Crippen molar-refractivity contribution in [2.45, 2.75) is 45.1 Å². The maximum atomic E-state index is 12.3. The molecule has 1 aliphatic heterocycles. The van der Waals surface area contributed by atoms with Gasteiger partial charge in [0.1, 0.15) is 17.9 Å². The van der Waals surface area contributed by atoms with Crippen molar-refractivity contribution in [3.63, 3.8) is 0 Å². The van der Waals surface area contributed by atoms with Crippen LogP contribution in [-0.2, 0) is 9.59 Å². The summed E-state index contributed by atoms with van der Waals surface area (Å²) < 4.78 is 0. The van der Waals surface area contributed by atoms with Crippen LogP contribution in [0.15, 0.2) is 24.4 Å². The molecule has 2 aliphatic rings. The minimum atomic E-state index is -0.401. The number of aromatic amines is 1. The Morgan fingerprint density at radius 1 is 1.43 bits per heavy atom. The number of carbonyl (C=O) groups excluding carboxylic acids is 2. The first-order chi connectivity index (χ1) is 13.4. The number of rotatable bonds is 4. The fourth-order valence-electron chi connectivity index (χ4n) is 3.83. The predicted octanol–water partition coefficient (Wildman–Crippen LogP) is 3.22. The summed E-state index contributed by atoms with van der Waals surface area (Å²) in [6.07, 6.45) is 6.30. The Labute approximate surface area is 163 Å². The highest BCUT2D eigenvalue weighted by Gasteiger charge is 2.35. The fraction of sp³-hybridized carbons (Fsp3) is 0.429. The Kier molecular flexibility index (Phi) is 4.42. The summed E-state index contributed by atoms with van der Waals surface area (Å²) in [6, 6.07) is 5.84. The van der Waals surface area contributed by atoms with E-state index in [0.717, 1.165) is 35.0 Å². The molecule has 2 amide bonds. The van der Waals surface area contributed by atoms with Crippen LogP contribution in [0, 0.1) is 17.2 Å². The normalized spacial score (nSPS) is 18.5. The molecule has 0 bridgehead atoms. The average Bonchev–Trinajstić information content (AvgIpc) is 3.38. The van der Waals surface area contributed by atoms with Gasteiger partial charge in [-0.3, -0.25) is 9.59 Å². The summed E-state index contributed by atoms with van der Waals surface area (Å²) in [5.41, 5.74) is 2.45. The van der Waals surface area contributed by atoms with Gasteiger partial charge in [0.15, 0.2) is 0 Å². The molecular formula is C21H23N5O2. The van der Waals surface area contributed by atoms with Crippen LogP contribution in [-0.4, -0.2) is 38.8 Å². The molecule has 0 atom stereocenters. The summed E-state index contributed by atoms with van der Waals surface area (Å²) in [4.78, 5) is 33.9. The average molecular weight is 377 g/mol. The lowest BCUT2D eigenvalue weighted by Gasteiger charge is -2.42. The van der Waals surface area contributed by atoms with E-state index in [-0.39, 0.29) is 24.2 Å². The Bertz CT molecular complexity index is 1020. The van der Waals surface area contributed by atoms with Crippen LogP contribution in [0.3, 0.4) is 0 Å². The van der Waals surface area contributed by atoms with Crippen molar-refractivity contribution in [1.29, 1.82) is 5.26 Å². The van der Waals surface area contributed by atoms with Crippen LogP contribution < -0.4 is 5.32 Å². The van der Waals surface area contributed by atoms with Crippen molar-refractivity contribution < 1.29 is 9.59 Å². The van der Waals surface area contributed by atoms with E-state index in [4.69, 9.17) is 5.26 Å². The first-order valence-electron chi connectivity index (χ1n) is 9.55. The SMILES string of the molecule is CC1(C)CC(c2cc(NC(=O)C3CC3)nc3[nH]ccc23)=CCN1C(=O)CC#N. The molecule has 7 heteroatoms. The largest absolute Gasteiger partial charge is 0.346 e. The lowest BCUT2D eigenvalue weighted by Crippen LogP contribution is -2.49. The zero-order chi connectivity index (χ0) is 19.9. The van der Waals surface area contributed by atoms with E-state index in [1.807, 2.05) is 44.3 Å². The van der Waals surface area contributed by atoms with E-state index < -0.39 is 5.54 Å². The summed E-state index contributed by atoms with van der Waals surface area (Å²) in [5, 5.41) is 12.8. The third kappa shape index (κ3) is 3.38. The molecule has 0 aromatic carbocycles. The molecule has 7 nitrogen and oxygen atoms in total. The molecule has 4 rings (SSSR count). The molecule has 0 saturated heterocycles. The molecule has 144 valence electrons. The van der Waals surface area contributed by atoms with Gasteiger partial charge in [-0.15, -0.1) is 0 Å². The number of amides is 2. The highest BCUT2D eigenvalue weighted by molar-refractivity contribution is 5.97. The number of nitrogens with one attached hydrogen (secondary N) is 2. The summed E-state index contributed by atoms with van der Waals surface area (Å²) in [7, 11) is 0. The molecule has 1 aliphatic carbocycles. The van der Waals surface area contributed by atoms with Gasteiger partial charge in [-0.25, -0.2) is 4.98 Å². The van der Waals surface area contributed by atoms with Crippen LogP contribution >= 0.6 is 0 Å². The number of H-pyrrole nitrogens is 1. The smallest absolute Gasteiger partial charge is 0.237 e. The first-order valence-corrected chi connectivity index (χ1v) is 9.55. The molecular weight excluding hydrogens is 354 g/mol.